The van der Waals surface area contributed by atoms with Crippen molar-refractivity contribution in [2.24, 2.45) is 0 Å². The molecule has 1 aliphatic rings. The Kier molecular flexibility index (Phi) is 5.15. The zero-order valence-electron chi connectivity index (χ0n) is 13.6. The predicted molar refractivity (Wildman–Crippen MR) is 92.1 cm³/mol. The molecular weight excluding hydrogens is 343 g/mol. The molecule has 0 aromatic heterocycles. The van der Waals surface area contributed by atoms with E-state index >= 15 is 0 Å². The predicted octanol–water partition coefficient (Wildman–Crippen LogP) is 2.41. The molecule has 1 heterocycles. The van der Waals surface area contributed by atoms with Crippen LogP contribution in [0.25, 0.3) is 0 Å². The first-order valence-corrected chi connectivity index (χ1v) is 9.56. The lowest BCUT2D eigenvalue weighted by Gasteiger charge is -2.32. The summed E-state index contributed by atoms with van der Waals surface area (Å²) in [6, 6.07) is 13.5. The monoisotopic (exact) mass is 362 g/mol. The average Bonchev–Trinajstić information content (AvgIpc) is 2.62. The zero-order valence-corrected chi connectivity index (χ0v) is 14.4. The Morgan fingerprint density at radius 1 is 1.00 bits per heavy atom. The molecule has 0 spiro atoms. The molecule has 1 aliphatic heterocycles. The van der Waals surface area contributed by atoms with Crippen LogP contribution in [0.1, 0.15) is 23.2 Å². The number of nitrogens with zero attached hydrogens (tertiary/aromatic N) is 1. The number of piperidine rings is 1. The van der Waals surface area contributed by atoms with Crippen molar-refractivity contribution in [1.82, 2.24) is 9.62 Å². The molecule has 1 N–H and O–H groups in total. The Hall–Kier alpha value is -2.25. The van der Waals surface area contributed by atoms with Crippen LogP contribution in [0.3, 0.4) is 0 Å². The fourth-order valence-corrected chi connectivity index (χ4v) is 4.17. The van der Waals surface area contributed by atoms with Crippen molar-refractivity contribution in [3.05, 3.63) is 66.0 Å². The van der Waals surface area contributed by atoms with Gasteiger partial charge in [-0.25, -0.2) is 17.5 Å². The standard InChI is InChI=1S/C18H19FN2O3S/c19-15-6-8-17(9-7-15)25(23,24)20-16-10-12-21(13-11-16)18(22)14-4-2-1-3-5-14/h1-9,16,20H,10-13H2. The van der Waals surface area contributed by atoms with Gasteiger partial charge in [-0.05, 0) is 49.2 Å². The highest BCUT2D eigenvalue weighted by Gasteiger charge is 2.27. The maximum Gasteiger partial charge on any atom is 0.253 e. The summed E-state index contributed by atoms with van der Waals surface area (Å²) >= 11 is 0. The van der Waals surface area contributed by atoms with Crippen molar-refractivity contribution >= 4 is 15.9 Å². The molecule has 0 atom stereocenters. The minimum absolute atomic E-state index is 0.0386. The highest BCUT2D eigenvalue weighted by atomic mass is 32.2. The third-order valence-corrected chi connectivity index (χ3v) is 5.79. The SMILES string of the molecule is O=C(c1ccccc1)N1CCC(NS(=O)(=O)c2ccc(F)cc2)CC1. The second kappa shape index (κ2) is 7.33. The second-order valence-electron chi connectivity index (χ2n) is 6.01. The number of rotatable bonds is 4. The van der Waals surface area contributed by atoms with Crippen molar-refractivity contribution in [2.45, 2.75) is 23.8 Å². The van der Waals surface area contributed by atoms with Gasteiger partial charge < -0.3 is 4.90 Å². The number of nitrogens with one attached hydrogen (secondary N) is 1. The van der Waals surface area contributed by atoms with Crippen molar-refractivity contribution in [2.75, 3.05) is 13.1 Å². The lowest BCUT2D eigenvalue weighted by atomic mass is 10.0. The van der Waals surface area contributed by atoms with Crippen molar-refractivity contribution in [3.63, 3.8) is 0 Å². The molecule has 1 fully saturated rings. The summed E-state index contributed by atoms with van der Waals surface area (Å²) < 4.78 is 40.3. The molecule has 0 aliphatic carbocycles. The van der Waals surface area contributed by atoms with E-state index in [-0.39, 0.29) is 16.8 Å². The topological polar surface area (TPSA) is 66.5 Å². The molecule has 5 nitrogen and oxygen atoms in total. The van der Waals surface area contributed by atoms with Crippen LogP contribution in [0.2, 0.25) is 0 Å². The molecule has 2 aromatic carbocycles. The molecule has 25 heavy (non-hydrogen) atoms. The maximum absolute atomic E-state index is 12.9. The maximum atomic E-state index is 12.9. The van der Waals surface area contributed by atoms with E-state index in [4.69, 9.17) is 0 Å². The van der Waals surface area contributed by atoms with Gasteiger partial charge in [-0.2, -0.15) is 0 Å². The van der Waals surface area contributed by atoms with Gasteiger partial charge in [0.2, 0.25) is 10.0 Å². The molecule has 3 rings (SSSR count). The summed E-state index contributed by atoms with van der Waals surface area (Å²) in [5.41, 5.74) is 0.632. The minimum atomic E-state index is -3.69. The van der Waals surface area contributed by atoms with Gasteiger partial charge >= 0.3 is 0 Å². The lowest BCUT2D eigenvalue weighted by molar-refractivity contribution is 0.0711. The van der Waals surface area contributed by atoms with Crippen molar-refractivity contribution in [1.29, 1.82) is 0 Å². The van der Waals surface area contributed by atoms with E-state index in [2.05, 4.69) is 4.72 Å². The summed E-state index contributed by atoms with van der Waals surface area (Å²) in [4.78, 5) is 14.2. The van der Waals surface area contributed by atoms with E-state index in [1.165, 1.54) is 12.1 Å². The minimum Gasteiger partial charge on any atom is -0.339 e. The van der Waals surface area contributed by atoms with Gasteiger partial charge in [0, 0.05) is 24.7 Å². The van der Waals surface area contributed by atoms with E-state index in [0.29, 0.717) is 31.5 Å². The fourth-order valence-electron chi connectivity index (χ4n) is 2.86. The Morgan fingerprint density at radius 3 is 2.20 bits per heavy atom. The highest BCUT2D eigenvalue weighted by molar-refractivity contribution is 7.89. The first-order valence-electron chi connectivity index (χ1n) is 8.08. The molecule has 0 saturated carbocycles. The van der Waals surface area contributed by atoms with Gasteiger partial charge in [0.25, 0.3) is 5.91 Å². The Bertz CT molecular complexity index is 830. The quantitative estimate of drug-likeness (QED) is 0.908. The number of carbonyl (C=O) groups is 1. The summed E-state index contributed by atoms with van der Waals surface area (Å²) in [5.74, 6) is -0.521. The third kappa shape index (κ3) is 4.24. The van der Waals surface area contributed by atoms with Crippen molar-refractivity contribution in [3.8, 4) is 0 Å². The second-order valence-corrected chi connectivity index (χ2v) is 7.72. The molecule has 1 saturated heterocycles. The lowest BCUT2D eigenvalue weighted by Crippen LogP contribution is -2.46. The van der Waals surface area contributed by atoms with Crippen molar-refractivity contribution < 1.29 is 17.6 Å². The first kappa shape index (κ1) is 17.6. The average molecular weight is 362 g/mol. The normalized spacial score (nSPS) is 16.0. The zero-order chi connectivity index (χ0) is 17.9. The first-order chi connectivity index (χ1) is 12.0. The van der Waals surface area contributed by atoms with Gasteiger partial charge in [0.05, 0.1) is 4.90 Å². The van der Waals surface area contributed by atoms with Crippen LogP contribution in [-0.4, -0.2) is 38.4 Å². The van der Waals surface area contributed by atoms with Crippen LogP contribution < -0.4 is 4.72 Å². The Morgan fingerprint density at radius 2 is 1.60 bits per heavy atom. The number of benzene rings is 2. The number of hydrogen-bond acceptors (Lipinski definition) is 3. The number of carbonyl (C=O) groups excluding carboxylic acids is 1. The number of halogens is 1. The van der Waals surface area contributed by atoms with Gasteiger partial charge in [-0.3, -0.25) is 4.79 Å². The Labute approximate surface area is 146 Å². The largest absolute Gasteiger partial charge is 0.339 e. The number of likely N-dealkylation sites (tertiary alicyclic amines) is 1. The summed E-state index contributed by atoms with van der Waals surface area (Å²) in [7, 11) is -3.69. The van der Waals surface area contributed by atoms with E-state index in [0.717, 1.165) is 12.1 Å². The molecule has 132 valence electrons. The molecule has 1 amide bonds. The Balaban J connectivity index is 1.59. The molecular formula is C18H19FN2O3S. The van der Waals surface area contributed by atoms with Gasteiger partial charge in [-0.1, -0.05) is 18.2 Å². The van der Waals surface area contributed by atoms with E-state index in [9.17, 15) is 17.6 Å². The number of amides is 1. The fraction of sp³-hybridized carbons (Fsp3) is 0.278. The van der Waals surface area contributed by atoms with Crippen LogP contribution in [0.5, 0.6) is 0 Å². The van der Waals surface area contributed by atoms with Crippen LogP contribution in [0, 0.1) is 5.82 Å². The summed E-state index contributed by atoms with van der Waals surface area (Å²) in [5, 5.41) is 0. The van der Waals surface area contributed by atoms with Crippen LogP contribution in [-0.2, 0) is 10.0 Å². The van der Waals surface area contributed by atoms with E-state index in [1.54, 1.807) is 17.0 Å². The molecule has 0 unspecified atom stereocenters. The van der Waals surface area contributed by atoms with Gasteiger partial charge in [0.15, 0.2) is 0 Å². The molecule has 0 radical (unpaired) electrons. The molecule has 7 heteroatoms. The van der Waals surface area contributed by atoms with Crippen LogP contribution in [0.4, 0.5) is 4.39 Å². The van der Waals surface area contributed by atoms with Gasteiger partial charge in [-0.15, -0.1) is 0 Å². The van der Waals surface area contributed by atoms with E-state index < -0.39 is 15.8 Å². The number of hydrogen-bond donors (Lipinski definition) is 1. The van der Waals surface area contributed by atoms with E-state index in [1.807, 2.05) is 18.2 Å². The highest BCUT2D eigenvalue weighted by Crippen LogP contribution is 2.17. The molecule has 0 bridgehead atoms. The smallest absolute Gasteiger partial charge is 0.253 e. The number of sulfonamides is 1. The summed E-state index contributed by atoms with van der Waals surface area (Å²) in [6.45, 7) is 0.981. The van der Waals surface area contributed by atoms with Crippen LogP contribution >= 0.6 is 0 Å². The van der Waals surface area contributed by atoms with Crippen LogP contribution in [0.15, 0.2) is 59.5 Å². The third-order valence-electron chi connectivity index (χ3n) is 4.25. The summed E-state index contributed by atoms with van der Waals surface area (Å²) in [6.07, 6.45) is 1.08. The van der Waals surface area contributed by atoms with Gasteiger partial charge in [0.1, 0.15) is 5.82 Å². The molecule has 2 aromatic rings.